The first-order chi connectivity index (χ1) is 7.25. The summed E-state index contributed by atoms with van der Waals surface area (Å²) in [6.07, 6.45) is 0. The number of halogens is 1. The predicted molar refractivity (Wildman–Crippen MR) is 71.4 cm³/mol. The van der Waals surface area contributed by atoms with Crippen LogP contribution in [-0.4, -0.2) is 0 Å². The molecule has 0 aliphatic heterocycles. The summed E-state index contributed by atoms with van der Waals surface area (Å²) in [6.45, 7) is 0. The maximum atomic E-state index is 5.81. The molecule has 0 aliphatic carbocycles. The molecule has 0 bridgehead atoms. The van der Waals surface area contributed by atoms with Gasteiger partial charge in [-0.25, -0.2) is 0 Å². The number of fused-ring (bicyclic) bond motifs is 3. The SMILES string of the molecule is Nc1ccc2sc3c(Br)cccc3c2c1. The molecule has 0 saturated heterocycles. The fourth-order valence-electron chi connectivity index (χ4n) is 1.78. The fourth-order valence-corrected chi connectivity index (χ4v) is 3.48. The van der Waals surface area contributed by atoms with Crippen molar-refractivity contribution in [2.45, 2.75) is 0 Å². The Balaban J connectivity index is 2.58. The van der Waals surface area contributed by atoms with E-state index in [1.165, 1.54) is 20.2 Å². The molecular weight excluding hydrogens is 270 g/mol. The Bertz CT molecular complexity index is 657. The van der Waals surface area contributed by atoms with Gasteiger partial charge in [0.1, 0.15) is 0 Å². The molecule has 1 heterocycles. The molecule has 2 aromatic carbocycles. The highest BCUT2D eigenvalue weighted by Crippen LogP contribution is 2.38. The minimum Gasteiger partial charge on any atom is -0.399 e. The zero-order chi connectivity index (χ0) is 10.4. The van der Waals surface area contributed by atoms with Crippen molar-refractivity contribution < 1.29 is 0 Å². The smallest absolute Gasteiger partial charge is 0.0497 e. The lowest BCUT2D eigenvalue weighted by Crippen LogP contribution is -1.81. The van der Waals surface area contributed by atoms with Crippen molar-refractivity contribution in [3.63, 3.8) is 0 Å². The number of thiophene rings is 1. The Morgan fingerprint density at radius 1 is 1.07 bits per heavy atom. The molecule has 0 unspecified atom stereocenters. The molecular formula is C12H8BrNS. The zero-order valence-electron chi connectivity index (χ0n) is 7.83. The third-order valence-corrected chi connectivity index (χ3v) is 4.62. The second kappa shape index (κ2) is 3.22. The first-order valence-corrected chi connectivity index (χ1v) is 6.23. The van der Waals surface area contributed by atoms with E-state index in [9.17, 15) is 0 Å². The lowest BCUT2D eigenvalue weighted by atomic mass is 10.1. The topological polar surface area (TPSA) is 26.0 Å². The normalized spacial score (nSPS) is 11.3. The summed E-state index contributed by atoms with van der Waals surface area (Å²) in [4.78, 5) is 0. The maximum Gasteiger partial charge on any atom is 0.0497 e. The van der Waals surface area contributed by atoms with Crippen molar-refractivity contribution in [2.24, 2.45) is 0 Å². The van der Waals surface area contributed by atoms with Crippen molar-refractivity contribution in [3.8, 4) is 0 Å². The fraction of sp³-hybridized carbons (Fsp3) is 0. The quantitative estimate of drug-likeness (QED) is 0.606. The average molecular weight is 278 g/mol. The molecule has 0 saturated carbocycles. The molecule has 0 spiro atoms. The summed E-state index contributed by atoms with van der Waals surface area (Å²) < 4.78 is 3.73. The van der Waals surface area contributed by atoms with Crippen LogP contribution in [0.4, 0.5) is 5.69 Å². The van der Waals surface area contributed by atoms with Gasteiger partial charge in [0.05, 0.1) is 0 Å². The summed E-state index contributed by atoms with van der Waals surface area (Å²) in [5, 5.41) is 2.52. The van der Waals surface area contributed by atoms with E-state index in [2.05, 4.69) is 40.2 Å². The maximum absolute atomic E-state index is 5.81. The van der Waals surface area contributed by atoms with Crippen molar-refractivity contribution >= 4 is 53.1 Å². The van der Waals surface area contributed by atoms with E-state index in [4.69, 9.17) is 5.73 Å². The first-order valence-electron chi connectivity index (χ1n) is 4.62. The van der Waals surface area contributed by atoms with Gasteiger partial charge in [0.25, 0.3) is 0 Å². The Morgan fingerprint density at radius 3 is 2.80 bits per heavy atom. The lowest BCUT2D eigenvalue weighted by Gasteiger charge is -1.94. The molecule has 0 radical (unpaired) electrons. The lowest BCUT2D eigenvalue weighted by molar-refractivity contribution is 1.78. The van der Waals surface area contributed by atoms with E-state index in [1.54, 1.807) is 11.3 Å². The number of rotatable bonds is 0. The van der Waals surface area contributed by atoms with Gasteiger partial charge < -0.3 is 5.73 Å². The molecule has 1 nitrogen and oxygen atoms in total. The molecule has 0 amide bonds. The van der Waals surface area contributed by atoms with Crippen molar-refractivity contribution in [2.75, 3.05) is 5.73 Å². The van der Waals surface area contributed by atoms with Crippen LogP contribution in [0.15, 0.2) is 40.9 Å². The van der Waals surface area contributed by atoms with Gasteiger partial charge in [-0.05, 0) is 40.2 Å². The summed E-state index contributed by atoms with van der Waals surface area (Å²) >= 11 is 5.37. The van der Waals surface area contributed by atoms with Crippen molar-refractivity contribution in [1.82, 2.24) is 0 Å². The van der Waals surface area contributed by atoms with E-state index in [1.807, 2.05) is 12.1 Å². The van der Waals surface area contributed by atoms with Crippen LogP contribution in [0.25, 0.3) is 20.2 Å². The van der Waals surface area contributed by atoms with Gasteiger partial charge in [-0.3, -0.25) is 0 Å². The number of nitrogens with two attached hydrogens (primary N) is 1. The van der Waals surface area contributed by atoms with Gasteiger partial charge in [0, 0.05) is 30.3 Å². The third kappa shape index (κ3) is 1.34. The molecule has 1 aromatic heterocycles. The number of anilines is 1. The zero-order valence-corrected chi connectivity index (χ0v) is 10.2. The molecule has 0 aliphatic rings. The van der Waals surface area contributed by atoms with Gasteiger partial charge in [-0.2, -0.15) is 0 Å². The van der Waals surface area contributed by atoms with Crippen molar-refractivity contribution in [3.05, 3.63) is 40.9 Å². The van der Waals surface area contributed by atoms with Crippen LogP contribution >= 0.6 is 27.3 Å². The average Bonchev–Trinajstić information content (AvgIpc) is 2.58. The molecule has 2 N–H and O–H groups in total. The van der Waals surface area contributed by atoms with Crippen LogP contribution < -0.4 is 5.73 Å². The standard InChI is InChI=1S/C12H8BrNS/c13-10-3-1-2-8-9-6-7(14)4-5-11(9)15-12(8)10/h1-6H,14H2. The van der Waals surface area contributed by atoms with E-state index in [0.717, 1.165) is 10.2 Å². The number of hydrogen-bond donors (Lipinski definition) is 1. The molecule has 0 atom stereocenters. The highest BCUT2D eigenvalue weighted by molar-refractivity contribution is 9.10. The monoisotopic (exact) mass is 277 g/mol. The molecule has 0 fully saturated rings. The van der Waals surface area contributed by atoms with Gasteiger partial charge in [0.15, 0.2) is 0 Å². The highest BCUT2D eigenvalue weighted by atomic mass is 79.9. The first kappa shape index (κ1) is 9.19. The molecule has 15 heavy (non-hydrogen) atoms. The van der Waals surface area contributed by atoms with Gasteiger partial charge in [0.2, 0.25) is 0 Å². The second-order valence-electron chi connectivity index (χ2n) is 3.47. The van der Waals surface area contributed by atoms with Crippen LogP contribution in [0.2, 0.25) is 0 Å². The molecule has 3 heteroatoms. The Labute approximate surface area is 99.6 Å². The summed E-state index contributed by atoms with van der Waals surface area (Å²) in [5.74, 6) is 0. The van der Waals surface area contributed by atoms with E-state index < -0.39 is 0 Å². The minimum atomic E-state index is 0.821. The van der Waals surface area contributed by atoms with Gasteiger partial charge in [-0.1, -0.05) is 12.1 Å². The van der Waals surface area contributed by atoms with Crippen LogP contribution in [-0.2, 0) is 0 Å². The van der Waals surface area contributed by atoms with Crippen molar-refractivity contribution in [1.29, 1.82) is 0 Å². The predicted octanol–water partition coefficient (Wildman–Crippen LogP) is 4.40. The Hall–Kier alpha value is -1.06. The molecule has 3 aromatic rings. The summed E-state index contributed by atoms with van der Waals surface area (Å²) in [6, 6.07) is 12.3. The summed E-state index contributed by atoms with van der Waals surface area (Å²) in [5.41, 5.74) is 6.63. The molecule has 74 valence electrons. The largest absolute Gasteiger partial charge is 0.399 e. The Morgan fingerprint density at radius 2 is 1.93 bits per heavy atom. The third-order valence-electron chi connectivity index (χ3n) is 2.47. The van der Waals surface area contributed by atoms with Crippen LogP contribution in [0.3, 0.4) is 0 Å². The van der Waals surface area contributed by atoms with E-state index in [-0.39, 0.29) is 0 Å². The van der Waals surface area contributed by atoms with Gasteiger partial charge >= 0.3 is 0 Å². The van der Waals surface area contributed by atoms with Crippen LogP contribution in [0, 0.1) is 0 Å². The van der Waals surface area contributed by atoms with E-state index in [0.29, 0.717) is 0 Å². The van der Waals surface area contributed by atoms with Gasteiger partial charge in [-0.15, -0.1) is 11.3 Å². The molecule has 3 rings (SSSR count). The highest BCUT2D eigenvalue weighted by Gasteiger charge is 2.06. The van der Waals surface area contributed by atoms with Crippen LogP contribution in [0.5, 0.6) is 0 Å². The van der Waals surface area contributed by atoms with Crippen LogP contribution in [0.1, 0.15) is 0 Å². The minimum absolute atomic E-state index is 0.821. The number of nitrogen functional groups attached to an aromatic ring is 1. The Kier molecular flexibility index (Phi) is 1.97. The summed E-state index contributed by atoms with van der Waals surface area (Å²) in [7, 11) is 0. The number of hydrogen-bond acceptors (Lipinski definition) is 2. The second-order valence-corrected chi connectivity index (χ2v) is 5.38. The number of benzene rings is 2. The van der Waals surface area contributed by atoms with E-state index >= 15 is 0 Å².